The molecular formula is C29H29F2N3O5. The number of fused-ring (bicyclic) bond motifs is 2. The molecule has 1 aliphatic rings. The number of carbonyl (C=O) groups is 4. The maximum atomic E-state index is 13.6. The number of hydrogen-bond acceptors (Lipinski definition) is 5. The molecule has 2 unspecified atom stereocenters. The molecule has 1 aliphatic heterocycles. The number of imide groups is 1. The van der Waals surface area contributed by atoms with Crippen molar-refractivity contribution in [2.24, 2.45) is 23.5 Å². The monoisotopic (exact) mass is 537 g/mol. The molecule has 0 bridgehead atoms. The smallest absolute Gasteiger partial charge is 0.307 e. The van der Waals surface area contributed by atoms with Crippen LogP contribution < -0.4 is 11.1 Å². The second-order valence-corrected chi connectivity index (χ2v) is 9.80. The van der Waals surface area contributed by atoms with Crippen molar-refractivity contribution in [1.82, 2.24) is 10.2 Å². The van der Waals surface area contributed by atoms with Gasteiger partial charge in [-0.2, -0.15) is 0 Å². The summed E-state index contributed by atoms with van der Waals surface area (Å²) in [5, 5.41) is 14.3. The molecule has 10 heteroatoms. The minimum absolute atomic E-state index is 0.144. The number of nitrogens with two attached hydrogens (primary N) is 1. The molecule has 8 nitrogen and oxygen atoms in total. The standard InChI is InChI=1S/C29H29F2N3O5/c1-3-6-19(26(35)33-14-16-9-10-22(30)23(31)11-16)24(29(38)39)15(2)25(32)34-27(36)20-12-17-7-4-5-8-18(17)13-21(20)28(34)37/h4-5,7-13,15,19,24-25H,3,6,14,32H2,1-2H3,(H,33,35)(H,38,39)/t15?,19-,24+,25?/m0/s1. The van der Waals surface area contributed by atoms with Crippen LogP contribution in [0.2, 0.25) is 0 Å². The van der Waals surface area contributed by atoms with Crippen LogP contribution in [-0.2, 0) is 16.1 Å². The van der Waals surface area contributed by atoms with Crippen LogP contribution in [0.25, 0.3) is 10.8 Å². The summed E-state index contributed by atoms with van der Waals surface area (Å²) in [5.41, 5.74) is 7.05. The van der Waals surface area contributed by atoms with Crippen LogP contribution in [-0.4, -0.2) is 39.9 Å². The maximum absolute atomic E-state index is 13.6. The second kappa shape index (κ2) is 11.3. The van der Waals surface area contributed by atoms with Gasteiger partial charge >= 0.3 is 5.97 Å². The highest BCUT2D eigenvalue weighted by atomic mass is 19.2. The third kappa shape index (κ3) is 5.37. The lowest BCUT2D eigenvalue weighted by atomic mass is 9.77. The minimum Gasteiger partial charge on any atom is -0.481 e. The zero-order valence-electron chi connectivity index (χ0n) is 21.5. The fourth-order valence-electron chi connectivity index (χ4n) is 5.18. The van der Waals surface area contributed by atoms with Crippen molar-refractivity contribution in [3.63, 3.8) is 0 Å². The second-order valence-electron chi connectivity index (χ2n) is 9.80. The Hall–Kier alpha value is -4.18. The summed E-state index contributed by atoms with van der Waals surface area (Å²) in [7, 11) is 0. The lowest BCUT2D eigenvalue weighted by Crippen LogP contribution is -2.54. The van der Waals surface area contributed by atoms with Gasteiger partial charge in [-0.25, -0.2) is 8.78 Å². The summed E-state index contributed by atoms with van der Waals surface area (Å²) >= 11 is 0. The van der Waals surface area contributed by atoms with Crippen LogP contribution in [0.1, 0.15) is 53.0 Å². The van der Waals surface area contributed by atoms with Gasteiger partial charge in [0.25, 0.3) is 11.8 Å². The largest absolute Gasteiger partial charge is 0.481 e. The van der Waals surface area contributed by atoms with Gasteiger partial charge in [0.15, 0.2) is 11.6 Å². The number of amides is 3. The molecule has 3 amide bonds. The van der Waals surface area contributed by atoms with Crippen LogP contribution in [0.15, 0.2) is 54.6 Å². The van der Waals surface area contributed by atoms with Gasteiger partial charge in [-0.05, 0) is 47.0 Å². The van der Waals surface area contributed by atoms with E-state index in [1.165, 1.54) is 13.0 Å². The third-order valence-corrected chi connectivity index (χ3v) is 7.29. The number of nitrogens with zero attached hydrogens (tertiary/aromatic N) is 1. The molecule has 0 aliphatic carbocycles. The number of nitrogens with one attached hydrogen (secondary N) is 1. The summed E-state index contributed by atoms with van der Waals surface area (Å²) in [6.07, 6.45) is -0.667. The van der Waals surface area contributed by atoms with E-state index in [0.29, 0.717) is 12.0 Å². The van der Waals surface area contributed by atoms with Crippen molar-refractivity contribution in [3.05, 3.63) is 82.9 Å². The highest BCUT2D eigenvalue weighted by Gasteiger charge is 2.46. The third-order valence-electron chi connectivity index (χ3n) is 7.29. The average Bonchev–Trinajstić information content (AvgIpc) is 3.15. The Bertz CT molecular complexity index is 1410. The molecule has 0 saturated carbocycles. The normalized spacial score (nSPS) is 16.1. The number of aliphatic carboxylic acids is 1. The van der Waals surface area contributed by atoms with Gasteiger partial charge in [0, 0.05) is 12.5 Å². The Labute approximate surface area is 223 Å². The Morgan fingerprint density at radius 2 is 1.56 bits per heavy atom. The highest BCUT2D eigenvalue weighted by Crippen LogP contribution is 2.34. The van der Waals surface area contributed by atoms with E-state index < -0.39 is 59.2 Å². The van der Waals surface area contributed by atoms with Crippen molar-refractivity contribution in [2.45, 2.75) is 39.4 Å². The van der Waals surface area contributed by atoms with E-state index in [4.69, 9.17) is 5.73 Å². The van der Waals surface area contributed by atoms with Crippen molar-refractivity contribution < 1.29 is 33.1 Å². The number of carboxylic acid groups (broad SMARTS) is 1. The molecule has 0 saturated heterocycles. The van der Waals surface area contributed by atoms with E-state index in [0.717, 1.165) is 27.8 Å². The molecule has 0 spiro atoms. The zero-order chi connectivity index (χ0) is 28.4. The molecule has 4 rings (SSSR count). The van der Waals surface area contributed by atoms with Gasteiger partial charge in [-0.1, -0.05) is 50.6 Å². The SMILES string of the molecule is CCC[C@H](C(=O)NCc1ccc(F)c(F)c1)[C@H](C(=O)O)C(C)C(N)N1C(=O)c2cc3ccccc3cc2C1=O. The first-order valence-electron chi connectivity index (χ1n) is 12.7. The van der Waals surface area contributed by atoms with Crippen molar-refractivity contribution in [3.8, 4) is 0 Å². The lowest BCUT2D eigenvalue weighted by molar-refractivity contribution is -0.151. The van der Waals surface area contributed by atoms with Crippen molar-refractivity contribution in [1.29, 1.82) is 0 Å². The van der Waals surface area contributed by atoms with E-state index in [9.17, 15) is 33.1 Å². The first-order chi connectivity index (χ1) is 18.5. The zero-order valence-corrected chi connectivity index (χ0v) is 21.5. The lowest BCUT2D eigenvalue weighted by Gasteiger charge is -2.34. The minimum atomic E-state index is -1.34. The quantitative estimate of drug-likeness (QED) is 0.335. The van der Waals surface area contributed by atoms with Crippen molar-refractivity contribution in [2.75, 3.05) is 0 Å². The van der Waals surface area contributed by atoms with Crippen molar-refractivity contribution >= 4 is 34.5 Å². The molecule has 3 aromatic carbocycles. The maximum Gasteiger partial charge on any atom is 0.307 e. The number of carboxylic acids is 1. The van der Waals surface area contributed by atoms with Crippen LogP contribution in [0.4, 0.5) is 8.78 Å². The Kier molecular flexibility index (Phi) is 8.06. The predicted molar refractivity (Wildman–Crippen MR) is 139 cm³/mol. The van der Waals surface area contributed by atoms with E-state index in [2.05, 4.69) is 5.32 Å². The van der Waals surface area contributed by atoms with E-state index in [1.54, 1.807) is 19.1 Å². The molecule has 3 aromatic rings. The molecule has 0 aromatic heterocycles. The molecule has 4 atom stereocenters. The van der Waals surface area contributed by atoms with Crippen LogP contribution in [0.5, 0.6) is 0 Å². The van der Waals surface area contributed by atoms with Gasteiger partial charge in [0.2, 0.25) is 5.91 Å². The summed E-state index contributed by atoms with van der Waals surface area (Å²) < 4.78 is 26.8. The molecule has 39 heavy (non-hydrogen) atoms. The molecule has 4 N–H and O–H groups in total. The Morgan fingerprint density at radius 1 is 0.974 bits per heavy atom. The van der Waals surface area contributed by atoms with Gasteiger partial charge in [-0.3, -0.25) is 24.1 Å². The van der Waals surface area contributed by atoms with Gasteiger partial charge < -0.3 is 16.2 Å². The average molecular weight is 538 g/mol. The topological polar surface area (TPSA) is 130 Å². The molecular weight excluding hydrogens is 508 g/mol. The van der Waals surface area contributed by atoms with E-state index in [-0.39, 0.29) is 24.1 Å². The molecule has 0 radical (unpaired) electrons. The Balaban J connectivity index is 1.57. The number of halogens is 2. The Morgan fingerprint density at radius 3 is 2.08 bits per heavy atom. The fourth-order valence-corrected chi connectivity index (χ4v) is 5.18. The van der Waals surface area contributed by atoms with Crippen LogP contribution in [0, 0.1) is 29.4 Å². The number of hydrogen-bond donors (Lipinski definition) is 3. The van der Waals surface area contributed by atoms with Gasteiger partial charge in [0.05, 0.1) is 29.1 Å². The fraction of sp³-hybridized carbons (Fsp3) is 0.310. The first kappa shape index (κ1) is 27.8. The molecule has 204 valence electrons. The summed E-state index contributed by atoms with van der Waals surface area (Å²) in [6.45, 7) is 3.14. The summed E-state index contributed by atoms with van der Waals surface area (Å²) in [5.74, 6) is -8.65. The molecule has 1 heterocycles. The summed E-state index contributed by atoms with van der Waals surface area (Å²) in [6, 6.07) is 13.7. The van der Waals surface area contributed by atoms with Gasteiger partial charge in [-0.15, -0.1) is 0 Å². The van der Waals surface area contributed by atoms with E-state index in [1.807, 2.05) is 24.3 Å². The number of rotatable bonds is 10. The first-order valence-corrected chi connectivity index (χ1v) is 12.7. The number of benzene rings is 3. The van der Waals surface area contributed by atoms with Crippen LogP contribution in [0.3, 0.4) is 0 Å². The van der Waals surface area contributed by atoms with Gasteiger partial charge in [0.1, 0.15) is 0 Å². The van der Waals surface area contributed by atoms with E-state index >= 15 is 0 Å². The summed E-state index contributed by atoms with van der Waals surface area (Å²) in [4.78, 5) is 53.0. The van der Waals surface area contributed by atoms with Crippen LogP contribution >= 0.6 is 0 Å². The predicted octanol–water partition coefficient (Wildman–Crippen LogP) is 4.07. The molecule has 0 fully saturated rings. The number of carbonyl (C=O) groups excluding carboxylic acids is 3. The highest BCUT2D eigenvalue weighted by molar-refractivity contribution is 6.23.